The fourth-order valence-corrected chi connectivity index (χ4v) is 2.97. The molecular formula is C17H23N3O5. The van der Waals surface area contributed by atoms with E-state index < -0.39 is 0 Å². The van der Waals surface area contributed by atoms with Crippen molar-refractivity contribution in [2.24, 2.45) is 0 Å². The predicted molar refractivity (Wildman–Crippen MR) is 89.9 cm³/mol. The molecule has 25 heavy (non-hydrogen) atoms. The summed E-state index contributed by atoms with van der Waals surface area (Å²) in [5, 5.41) is 5.71. The molecule has 0 unspecified atom stereocenters. The first kappa shape index (κ1) is 17.2. The number of carbonyl (C=O) groups excluding carboxylic acids is 2. The molecule has 2 aliphatic heterocycles. The van der Waals surface area contributed by atoms with Crippen LogP contribution in [-0.4, -0.2) is 55.9 Å². The van der Waals surface area contributed by atoms with E-state index in [1.165, 1.54) is 6.92 Å². The Morgan fingerprint density at radius 3 is 3.00 bits per heavy atom. The molecule has 3 amide bonds. The van der Waals surface area contributed by atoms with Gasteiger partial charge in [0.2, 0.25) is 12.7 Å². The number of likely N-dealkylation sites (tertiary alicyclic amines) is 1. The lowest BCUT2D eigenvalue weighted by Gasteiger charge is -2.33. The van der Waals surface area contributed by atoms with E-state index in [0.29, 0.717) is 43.5 Å². The number of hydrogen-bond donors (Lipinski definition) is 2. The van der Waals surface area contributed by atoms with Crippen molar-refractivity contribution in [3.63, 3.8) is 0 Å². The summed E-state index contributed by atoms with van der Waals surface area (Å²) < 4.78 is 16.2. The van der Waals surface area contributed by atoms with Crippen LogP contribution in [0.5, 0.6) is 17.2 Å². The Kier molecular flexibility index (Phi) is 5.47. The van der Waals surface area contributed by atoms with Gasteiger partial charge in [0.1, 0.15) is 12.4 Å². The van der Waals surface area contributed by atoms with Crippen LogP contribution in [0.1, 0.15) is 19.8 Å². The van der Waals surface area contributed by atoms with Crippen LogP contribution in [0.2, 0.25) is 0 Å². The number of benzene rings is 1. The molecule has 3 rings (SSSR count). The predicted octanol–water partition coefficient (Wildman–Crippen LogP) is 1.10. The monoisotopic (exact) mass is 349 g/mol. The highest BCUT2D eigenvalue weighted by atomic mass is 16.7. The van der Waals surface area contributed by atoms with Gasteiger partial charge in [0.15, 0.2) is 11.5 Å². The average molecular weight is 349 g/mol. The molecule has 8 heteroatoms. The van der Waals surface area contributed by atoms with Gasteiger partial charge >= 0.3 is 6.03 Å². The summed E-state index contributed by atoms with van der Waals surface area (Å²) >= 11 is 0. The third-order valence-electron chi connectivity index (χ3n) is 4.11. The minimum absolute atomic E-state index is 0.0295. The fraction of sp³-hybridized carbons (Fsp3) is 0.529. The van der Waals surface area contributed by atoms with Crippen LogP contribution in [0.15, 0.2) is 18.2 Å². The van der Waals surface area contributed by atoms with E-state index in [-0.39, 0.29) is 24.8 Å². The van der Waals surface area contributed by atoms with Crippen LogP contribution < -0.4 is 24.8 Å². The second-order valence-corrected chi connectivity index (χ2v) is 6.08. The Morgan fingerprint density at radius 1 is 1.32 bits per heavy atom. The number of carbonyl (C=O) groups is 2. The number of fused-ring (bicyclic) bond motifs is 1. The van der Waals surface area contributed by atoms with Gasteiger partial charge in [0, 0.05) is 32.1 Å². The normalized spacial score (nSPS) is 18.6. The van der Waals surface area contributed by atoms with Crippen LogP contribution in [0.25, 0.3) is 0 Å². The highest BCUT2D eigenvalue weighted by molar-refractivity contribution is 5.75. The van der Waals surface area contributed by atoms with Crippen LogP contribution in [-0.2, 0) is 4.79 Å². The van der Waals surface area contributed by atoms with Gasteiger partial charge in [0.25, 0.3) is 0 Å². The van der Waals surface area contributed by atoms with E-state index >= 15 is 0 Å². The summed E-state index contributed by atoms with van der Waals surface area (Å²) in [5.41, 5.74) is 0. The molecule has 2 aliphatic rings. The Balaban J connectivity index is 1.38. The van der Waals surface area contributed by atoms with Crippen LogP contribution in [0, 0.1) is 0 Å². The summed E-state index contributed by atoms with van der Waals surface area (Å²) in [5.74, 6) is 1.98. The molecule has 0 spiro atoms. The molecular weight excluding hydrogens is 326 g/mol. The van der Waals surface area contributed by atoms with E-state index in [0.717, 1.165) is 12.8 Å². The Morgan fingerprint density at radius 2 is 2.16 bits per heavy atom. The lowest BCUT2D eigenvalue weighted by molar-refractivity contribution is -0.119. The second kappa shape index (κ2) is 7.96. The third-order valence-corrected chi connectivity index (χ3v) is 4.11. The summed E-state index contributed by atoms with van der Waals surface area (Å²) in [6.45, 7) is 3.71. The molecule has 0 bridgehead atoms. The van der Waals surface area contributed by atoms with E-state index in [1.54, 1.807) is 23.1 Å². The van der Waals surface area contributed by atoms with Gasteiger partial charge in [0.05, 0.1) is 6.54 Å². The minimum Gasteiger partial charge on any atom is -0.492 e. The number of nitrogens with zero attached hydrogens (tertiary/aromatic N) is 1. The van der Waals surface area contributed by atoms with Gasteiger partial charge in [-0.2, -0.15) is 0 Å². The SMILES string of the molecule is CC(=O)N[C@@H]1CCCN(C(=O)NCCOc2ccc3c(c2)OCO3)C1. The average Bonchev–Trinajstić information content (AvgIpc) is 3.06. The number of amides is 3. The molecule has 0 radical (unpaired) electrons. The molecule has 8 nitrogen and oxygen atoms in total. The lowest BCUT2D eigenvalue weighted by Crippen LogP contribution is -2.52. The van der Waals surface area contributed by atoms with Crippen molar-refractivity contribution in [3.05, 3.63) is 18.2 Å². The van der Waals surface area contributed by atoms with Gasteiger partial charge in [-0.1, -0.05) is 0 Å². The zero-order valence-electron chi connectivity index (χ0n) is 14.2. The first-order valence-electron chi connectivity index (χ1n) is 8.44. The van der Waals surface area contributed by atoms with Crippen LogP contribution in [0.3, 0.4) is 0 Å². The van der Waals surface area contributed by atoms with E-state index in [2.05, 4.69) is 10.6 Å². The number of ether oxygens (including phenoxy) is 3. The van der Waals surface area contributed by atoms with Gasteiger partial charge in [-0.15, -0.1) is 0 Å². The van der Waals surface area contributed by atoms with Gasteiger partial charge in [-0.25, -0.2) is 4.79 Å². The topological polar surface area (TPSA) is 89.1 Å². The molecule has 2 heterocycles. The van der Waals surface area contributed by atoms with Crippen molar-refractivity contribution in [1.82, 2.24) is 15.5 Å². The van der Waals surface area contributed by atoms with E-state index in [4.69, 9.17) is 14.2 Å². The smallest absolute Gasteiger partial charge is 0.317 e. The zero-order valence-corrected chi connectivity index (χ0v) is 14.2. The largest absolute Gasteiger partial charge is 0.492 e. The molecule has 0 aliphatic carbocycles. The summed E-state index contributed by atoms with van der Waals surface area (Å²) in [6.07, 6.45) is 1.78. The fourth-order valence-electron chi connectivity index (χ4n) is 2.97. The van der Waals surface area contributed by atoms with Crippen molar-refractivity contribution >= 4 is 11.9 Å². The number of piperidine rings is 1. The number of hydrogen-bond acceptors (Lipinski definition) is 5. The van der Waals surface area contributed by atoms with Crippen LogP contribution in [0.4, 0.5) is 4.79 Å². The Hall–Kier alpha value is -2.64. The van der Waals surface area contributed by atoms with Crippen molar-refractivity contribution in [1.29, 1.82) is 0 Å². The molecule has 1 atom stereocenters. The number of rotatable bonds is 5. The highest BCUT2D eigenvalue weighted by Crippen LogP contribution is 2.34. The maximum Gasteiger partial charge on any atom is 0.317 e. The molecule has 1 saturated heterocycles. The summed E-state index contributed by atoms with van der Waals surface area (Å²) in [6, 6.07) is 5.27. The molecule has 0 saturated carbocycles. The molecule has 1 aromatic carbocycles. The van der Waals surface area contributed by atoms with E-state index in [1.807, 2.05) is 0 Å². The van der Waals surface area contributed by atoms with Crippen molar-refractivity contribution in [2.75, 3.05) is 33.0 Å². The second-order valence-electron chi connectivity index (χ2n) is 6.08. The first-order chi connectivity index (χ1) is 12.1. The number of nitrogens with one attached hydrogen (secondary N) is 2. The molecule has 136 valence electrons. The minimum atomic E-state index is -0.135. The lowest BCUT2D eigenvalue weighted by atomic mass is 10.1. The van der Waals surface area contributed by atoms with Gasteiger partial charge in [-0.05, 0) is 25.0 Å². The molecule has 1 fully saturated rings. The number of urea groups is 1. The zero-order chi connectivity index (χ0) is 17.6. The molecule has 2 N–H and O–H groups in total. The standard InChI is InChI=1S/C17H23N3O5/c1-12(21)19-13-3-2-7-20(10-13)17(22)18-6-8-23-14-4-5-15-16(9-14)25-11-24-15/h4-5,9,13H,2-3,6-8,10-11H2,1H3,(H,18,22)(H,19,21)/t13-/m1/s1. The maximum atomic E-state index is 12.2. The van der Waals surface area contributed by atoms with Crippen molar-refractivity contribution in [3.8, 4) is 17.2 Å². The summed E-state index contributed by atoms with van der Waals surface area (Å²) in [4.78, 5) is 25.1. The quantitative estimate of drug-likeness (QED) is 0.777. The van der Waals surface area contributed by atoms with Crippen LogP contribution >= 0.6 is 0 Å². The molecule has 0 aromatic heterocycles. The van der Waals surface area contributed by atoms with Gasteiger partial charge < -0.3 is 29.7 Å². The van der Waals surface area contributed by atoms with Crippen molar-refractivity contribution < 1.29 is 23.8 Å². The maximum absolute atomic E-state index is 12.2. The van der Waals surface area contributed by atoms with Crippen molar-refractivity contribution in [2.45, 2.75) is 25.8 Å². The van der Waals surface area contributed by atoms with E-state index in [9.17, 15) is 9.59 Å². The first-order valence-corrected chi connectivity index (χ1v) is 8.44. The summed E-state index contributed by atoms with van der Waals surface area (Å²) in [7, 11) is 0. The highest BCUT2D eigenvalue weighted by Gasteiger charge is 2.23. The Labute approximate surface area is 146 Å². The van der Waals surface area contributed by atoms with Gasteiger partial charge in [-0.3, -0.25) is 4.79 Å². The third kappa shape index (κ3) is 4.68. The molecule has 1 aromatic rings. The Bertz CT molecular complexity index is 637.